The highest BCUT2D eigenvalue weighted by Gasteiger charge is 2.09. The van der Waals surface area contributed by atoms with Gasteiger partial charge in [0.1, 0.15) is 6.07 Å². The lowest BCUT2D eigenvalue weighted by molar-refractivity contribution is 0.889. The van der Waals surface area contributed by atoms with Crippen LogP contribution in [0.25, 0.3) is 0 Å². The molecule has 0 saturated heterocycles. The Kier molecular flexibility index (Phi) is 3.82. The van der Waals surface area contributed by atoms with Crippen LogP contribution in [0.1, 0.15) is 24.1 Å². The molecule has 1 atom stereocenters. The minimum Gasteiger partial charge on any atom is -0.377 e. The van der Waals surface area contributed by atoms with Gasteiger partial charge in [0.15, 0.2) is 0 Å². The molecule has 0 aliphatic heterocycles. The molecule has 1 aromatic heterocycles. The third-order valence-corrected chi connectivity index (χ3v) is 3.71. The van der Waals surface area contributed by atoms with E-state index in [-0.39, 0.29) is 6.04 Å². The average molecular weight is 307 g/mol. The topological polar surface area (TPSA) is 35.8 Å². The fourth-order valence-corrected chi connectivity index (χ4v) is 2.69. The number of nitriles is 1. The number of thiophene rings is 1. The van der Waals surface area contributed by atoms with Crippen LogP contribution < -0.4 is 5.32 Å². The molecular weight excluding hydrogens is 296 g/mol. The van der Waals surface area contributed by atoms with Gasteiger partial charge in [0, 0.05) is 10.5 Å². The third-order valence-electron chi connectivity index (χ3n) is 2.52. The maximum absolute atomic E-state index is 9.05. The molecule has 0 fully saturated rings. The second kappa shape index (κ2) is 5.35. The standard InChI is InChI=1S/C13H11BrN2S/c1-9(11-4-5-17-8-11)16-13-6-12(14)3-2-10(13)7-15/h2-6,8-9,16H,1H3. The van der Waals surface area contributed by atoms with Gasteiger partial charge in [-0.1, -0.05) is 15.9 Å². The Morgan fingerprint density at radius 2 is 2.24 bits per heavy atom. The molecular formula is C13H11BrN2S. The van der Waals surface area contributed by atoms with Gasteiger partial charge in [0.05, 0.1) is 11.3 Å². The van der Waals surface area contributed by atoms with E-state index in [9.17, 15) is 0 Å². The lowest BCUT2D eigenvalue weighted by Gasteiger charge is -2.15. The van der Waals surface area contributed by atoms with Crippen molar-refractivity contribution in [3.63, 3.8) is 0 Å². The number of hydrogen-bond acceptors (Lipinski definition) is 3. The minimum atomic E-state index is 0.197. The molecule has 1 unspecified atom stereocenters. The Balaban J connectivity index is 2.24. The molecule has 1 heterocycles. The molecule has 0 bridgehead atoms. The summed E-state index contributed by atoms with van der Waals surface area (Å²) >= 11 is 5.09. The van der Waals surface area contributed by atoms with Crippen molar-refractivity contribution in [2.24, 2.45) is 0 Å². The van der Waals surface area contributed by atoms with E-state index in [1.54, 1.807) is 11.3 Å². The molecule has 0 radical (unpaired) electrons. The van der Waals surface area contributed by atoms with Gasteiger partial charge in [0.2, 0.25) is 0 Å². The van der Waals surface area contributed by atoms with Gasteiger partial charge in [-0.3, -0.25) is 0 Å². The number of rotatable bonds is 3. The maximum Gasteiger partial charge on any atom is 0.101 e. The van der Waals surface area contributed by atoms with Crippen molar-refractivity contribution < 1.29 is 0 Å². The Hall–Kier alpha value is -1.31. The molecule has 1 N–H and O–H groups in total. The summed E-state index contributed by atoms with van der Waals surface area (Å²) < 4.78 is 0.969. The summed E-state index contributed by atoms with van der Waals surface area (Å²) in [5, 5.41) is 16.6. The van der Waals surface area contributed by atoms with Crippen LogP contribution in [0, 0.1) is 11.3 Å². The van der Waals surface area contributed by atoms with E-state index in [2.05, 4.69) is 51.1 Å². The molecule has 4 heteroatoms. The zero-order valence-corrected chi connectivity index (χ0v) is 11.7. The smallest absolute Gasteiger partial charge is 0.101 e. The predicted octanol–water partition coefficient (Wildman–Crippen LogP) is 4.56. The van der Waals surface area contributed by atoms with E-state index in [1.165, 1.54) is 5.56 Å². The molecule has 0 amide bonds. The molecule has 2 aromatic rings. The van der Waals surface area contributed by atoms with Crippen molar-refractivity contribution in [3.8, 4) is 6.07 Å². The molecule has 0 spiro atoms. The first-order chi connectivity index (χ1) is 8.20. The zero-order valence-electron chi connectivity index (χ0n) is 9.27. The Bertz CT molecular complexity index is 543. The van der Waals surface area contributed by atoms with Crippen LogP contribution >= 0.6 is 27.3 Å². The van der Waals surface area contributed by atoms with Crippen molar-refractivity contribution in [3.05, 3.63) is 50.6 Å². The summed E-state index contributed by atoms with van der Waals surface area (Å²) in [6, 6.07) is 10.1. The second-order valence-corrected chi connectivity index (χ2v) is 5.42. The highest BCUT2D eigenvalue weighted by molar-refractivity contribution is 9.10. The summed E-state index contributed by atoms with van der Waals surface area (Å²) in [5.74, 6) is 0. The van der Waals surface area contributed by atoms with Crippen LogP contribution in [-0.2, 0) is 0 Å². The van der Waals surface area contributed by atoms with Gasteiger partial charge in [-0.05, 0) is 47.5 Å². The van der Waals surface area contributed by atoms with Crippen molar-refractivity contribution in [2.75, 3.05) is 5.32 Å². The highest BCUT2D eigenvalue weighted by atomic mass is 79.9. The number of benzene rings is 1. The second-order valence-electron chi connectivity index (χ2n) is 3.72. The van der Waals surface area contributed by atoms with E-state index < -0.39 is 0 Å². The maximum atomic E-state index is 9.05. The van der Waals surface area contributed by atoms with Crippen molar-refractivity contribution >= 4 is 33.0 Å². The first kappa shape index (κ1) is 12.2. The van der Waals surface area contributed by atoms with E-state index in [0.717, 1.165) is 10.2 Å². The van der Waals surface area contributed by atoms with E-state index >= 15 is 0 Å². The molecule has 86 valence electrons. The van der Waals surface area contributed by atoms with E-state index in [0.29, 0.717) is 5.56 Å². The zero-order chi connectivity index (χ0) is 12.3. The summed E-state index contributed by atoms with van der Waals surface area (Å²) in [6.45, 7) is 2.09. The number of nitrogens with zero attached hydrogens (tertiary/aromatic N) is 1. The largest absolute Gasteiger partial charge is 0.377 e. The molecule has 0 aliphatic carbocycles. The van der Waals surface area contributed by atoms with Gasteiger partial charge in [0.25, 0.3) is 0 Å². The predicted molar refractivity (Wildman–Crippen MR) is 75.2 cm³/mol. The highest BCUT2D eigenvalue weighted by Crippen LogP contribution is 2.26. The number of nitrogens with one attached hydrogen (secondary N) is 1. The fraction of sp³-hybridized carbons (Fsp3) is 0.154. The van der Waals surface area contributed by atoms with Gasteiger partial charge < -0.3 is 5.32 Å². The van der Waals surface area contributed by atoms with Gasteiger partial charge in [-0.2, -0.15) is 16.6 Å². The molecule has 1 aromatic carbocycles. The van der Waals surface area contributed by atoms with Crippen LogP contribution in [0.3, 0.4) is 0 Å². The number of halogens is 1. The van der Waals surface area contributed by atoms with Gasteiger partial charge >= 0.3 is 0 Å². The third kappa shape index (κ3) is 2.87. The molecule has 17 heavy (non-hydrogen) atoms. The van der Waals surface area contributed by atoms with Crippen LogP contribution in [0.15, 0.2) is 39.5 Å². The quantitative estimate of drug-likeness (QED) is 0.902. The summed E-state index contributed by atoms with van der Waals surface area (Å²) in [4.78, 5) is 0. The van der Waals surface area contributed by atoms with Crippen molar-refractivity contribution in [1.29, 1.82) is 5.26 Å². The molecule has 2 rings (SSSR count). The van der Waals surface area contributed by atoms with Crippen LogP contribution in [-0.4, -0.2) is 0 Å². The van der Waals surface area contributed by atoms with Crippen LogP contribution in [0.2, 0.25) is 0 Å². The summed E-state index contributed by atoms with van der Waals surface area (Å²) in [6.07, 6.45) is 0. The van der Waals surface area contributed by atoms with Crippen molar-refractivity contribution in [1.82, 2.24) is 0 Å². The van der Waals surface area contributed by atoms with Gasteiger partial charge in [-0.25, -0.2) is 0 Å². The first-order valence-corrected chi connectivity index (χ1v) is 6.92. The monoisotopic (exact) mass is 306 g/mol. The van der Waals surface area contributed by atoms with E-state index in [1.807, 2.05) is 18.2 Å². The average Bonchev–Trinajstić information content (AvgIpc) is 2.83. The van der Waals surface area contributed by atoms with Crippen LogP contribution in [0.4, 0.5) is 5.69 Å². The summed E-state index contributed by atoms with van der Waals surface area (Å²) in [7, 11) is 0. The lowest BCUT2D eigenvalue weighted by atomic mass is 10.1. The molecule has 2 nitrogen and oxygen atoms in total. The first-order valence-electron chi connectivity index (χ1n) is 5.19. The normalized spacial score (nSPS) is 11.8. The fourth-order valence-electron chi connectivity index (χ4n) is 1.57. The van der Waals surface area contributed by atoms with Crippen LogP contribution in [0.5, 0.6) is 0 Å². The lowest BCUT2D eigenvalue weighted by Crippen LogP contribution is -2.06. The Morgan fingerprint density at radius 3 is 2.88 bits per heavy atom. The van der Waals surface area contributed by atoms with Crippen molar-refractivity contribution in [2.45, 2.75) is 13.0 Å². The Morgan fingerprint density at radius 1 is 1.41 bits per heavy atom. The number of anilines is 1. The van der Waals surface area contributed by atoms with Gasteiger partial charge in [-0.15, -0.1) is 0 Å². The SMILES string of the molecule is CC(Nc1cc(Br)ccc1C#N)c1ccsc1. The minimum absolute atomic E-state index is 0.197. The summed E-state index contributed by atoms with van der Waals surface area (Å²) in [5.41, 5.74) is 2.76. The Labute approximate surface area is 113 Å². The number of hydrogen-bond donors (Lipinski definition) is 1. The molecule has 0 saturated carbocycles. The molecule has 0 aliphatic rings. The van der Waals surface area contributed by atoms with E-state index in [4.69, 9.17) is 5.26 Å².